The second-order valence-electron chi connectivity index (χ2n) is 9.27. The second kappa shape index (κ2) is 9.69. The van der Waals surface area contributed by atoms with Crippen LogP contribution in [0.25, 0.3) is 0 Å². The van der Waals surface area contributed by atoms with Crippen LogP contribution in [-0.2, 0) is 26.0 Å². The molecule has 0 bridgehead atoms. The highest BCUT2D eigenvalue weighted by molar-refractivity contribution is 7.89. The molecule has 1 aromatic carbocycles. The van der Waals surface area contributed by atoms with Crippen molar-refractivity contribution in [2.75, 3.05) is 4.90 Å². The number of benzene rings is 1. The summed E-state index contributed by atoms with van der Waals surface area (Å²) in [6.07, 6.45) is 7.04. The third-order valence-electron chi connectivity index (χ3n) is 6.35. The number of rotatable bonds is 6. The van der Waals surface area contributed by atoms with Crippen LogP contribution in [0.2, 0.25) is 0 Å². The molecule has 2 aliphatic rings. The molecular formula is C23H35N3O4S. The molecule has 0 aromatic heterocycles. The van der Waals surface area contributed by atoms with Crippen LogP contribution in [0, 0.1) is 5.92 Å². The highest BCUT2D eigenvalue weighted by atomic mass is 32.2. The molecule has 7 nitrogen and oxygen atoms in total. The maximum atomic E-state index is 13.1. The summed E-state index contributed by atoms with van der Waals surface area (Å²) in [6.45, 7) is 7.14. The van der Waals surface area contributed by atoms with Gasteiger partial charge in [0.2, 0.25) is 21.8 Å². The summed E-state index contributed by atoms with van der Waals surface area (Å²) in [5, 5.41) is 3.07. The van der Waals surface area contributed by atoms with Crippen molar-refractivity contribution in [3.63, 3.8) is 0 Å². The van der Waals surface area contributed by atoms with Gasteiger partial charge in [0.05, 0.1) is 4.90 Å². The van der Waals surface area contributed by atoms with E-state index in [9.17, 15) is 18.0 Å². The number of fused-ring (bicyclic) bond motifs is 1. The van der Waals surface area contributed by atoms with Crippen molar-refractivity contribution in [1.29, 1.82) is 0 Å². The van der Waals surface area contributed by atoms with Crippen LogP contribution in [0.3, 0.4) is 0 Å². The fourth-order valence-corrected chi connectivity index (χ4v) is 6.09. The van der Waals surface area contributed by atoms with Crippen molar-refractivity contribution in [3.8, 4) is 0 Å². The standard InChI is InChI=1S/C23H35N3O4S/c1-15(2)22(23(28)24-19-9-7-5-6-8-10-19)25-31(29,30)20-11-12-21-18(14-20)13-16(3)26(21)17(4)27/h11-12,14-16,19,22,25H,5-10,13H2,1-4H3,(H,24,28). The Labute approximate surface area is 186 Å². The predicted molar refractivity (Wildman–Crippen MR) is 121 cm³/mol. The number of carbonyl (C=O) groups excluding carboxylic acids is 2. The smallest absolute Gasteiger partial charge is 0.241 e. The zero-order valence-electron chi connectivity index (χ0n) is 19.0. The molecule has 1 aromatic rings. The first-order valence-corrected chi connectivity index (χ1v) is 12.8. The first-order chi connectivity index (χ1) is 14.6. The molecule has 8 heteroatoms. The van der Waals surface area contributed by atoms with E-state index in [0.29, 0.717) is 6.42 Å². The number of nitrogens with zero attached hydrogens (tertiary/aromatic N) is 1. The molecule has 2 N–H and O–H groups in total. The van der Waals surface area contributed by atoms with Gasteiger partial charge in [-0.3, -0.25) is 9.59 Å². The van der Waals surface area contributed by atoms with Gasteiger partial charge in [0.25, 0.3) is 0 Å². The molecule has 1 aliphatic carbocycles. The molecule has 172 valence electrons. The van der Waals surface area contributed by atoms with Crippen molar-refractivity contribution in [2.45, 2.75) is 95.7 Å². The largest absolute Gasteiger partial charge is 0.352 e. The second-order valence-corrected chi connectivity index (χ2v) is 11.0. The van der Waals surface area contributed by atoms with E-state index in [-0.39, 0.29) is 34.7 Å². The van der Waals surface area contributed by atoms with Crippen LogP contribution in [0.15, 0.2) is 23.1 Å². The van der Waals surface area contributed by atoms with Gasteiger partial charge < -0.3 is 10.2 Å². The number of carbonyl (C=O) groups is 2. The molecule has 2 amide bonds. The fourth-order valence-electron chi connectivity index (χ4n) is 4.70. The molecule has 0 spiro atoms. The van der Waals surface area contributed by atoms with Crippen LogP contribution in [0.5, 0.6) is 0 Å². The maximum absolute atomic E-state index is 13.1. The number of amides is 2. The normalized spacial score (nSPS) is 20.9. The molecule has 3 rings (SSSR count). The molecular weight excluding hydrogens is 414 g/mol. The van der Waals surface area contributed by atoms with E-state index in [1.54, 1.807) is 17.0 Å². The van der Waals surface area contributed by atoms with Crippen molar-refractivity contribution in [2.24, 2.45) is 5.92 Å². The van der Waals surface area contributed by atoms with Gasteiger partial charge >= 0.3 is 0 Å². The number of hydrogen-bond acceptors (Lipinski definition) is 4. The van der Waals surface area contributed by atoms with Crippen molar-refractivity contribution in [1.82, 2.24) is 10.0 Å². The fraction of sp³-hybridized carbons (Fsp3) is 0.652. The molecule has 2 atom stereocenters. The molecule has 31 heavy (non-hydrogen) atoms. The highest BCUT2D eigenvalue weighted by Gasteiger charge is 2.33. The minimum Gasteiger partial charge on any atom is -0.352 e. The molecule has 0 saturated heterocycles. The summed E-state index contributed by atoms with van der Waals surface area (Å²) in [5.41, 5.74) is 1.58. The minimum absolute atomic E-state index is 0.00724. The van der Waals surface area contributed by atoms with E-state index in [0.717, 1.165) is 36.9 Å². The monoisotopic (exact) mass is 449 g/mol. The van der Waals surface area contributed by atoms with Crippen LogP contribution >= 0.6 is 0 Å². The Hall–Kier alpha value is -1.93. The summed E-state index contributed by atoms with van der Waals surface area (Å²) in [6, 6.07) is 4.08. The number of anilines is 1. The average molecular weight is 450 g/mol. The van der Waals surface area contributed by atoms with Gasteiger partial charge in [-0.1, -0.05) is 39.5 Å². The summed E-state index contributed by atoms with van der Waals surface area (Å²) in [7, 11) is -3.89. The molecule has 1 aliphatic heterocycles. The Kier molecular flexibility index (Phi) is 7.42. The van der Waals surface area contributed by atoms with Crippen molar-refractivity contribution >= 4 is 27.5 Å². The van der Waals surface area contributed by atoms with Gasteiger partial charge in [-0.2, -0.15) is 4.72 Å². The Morgan fingerprint density at radius 1 is 1.10 bits per heavy atom. The first kappa shape index (κ1) is 23.7. The van der Waals surface area contributed by atoms with E-state index in [1.807, 2.05) is 20.8 Å². The van der Waals surface area contributed by atoms with Crippen LogP contribution in [-0.4, -0.2) is 38.4 Å². The van der Waals surface area contributed by atoms with Crippen LogP contribution < -0.4 is 14.9 Å². The lowest BCUT2D eigenvalue weighted by atomic mass is 10.0. The van der Waals surface area contributed by atoms with Gasteiger partial charge in [0.15, 0.2) is 0 Å². The van der Waals surface area contributed by atoms with Gasteiger partial charge in [-0.05, 0) is 55.9 Å². The van der Waals surface area contributed by atoms with E-state index in [2.05, 4.69) is 10.0 Å². The molecule has 2 unspecified atom stereocenters. The van der Waals surface area contributed by atoms with Crippen LogP contribution in [0.1, 0.15) is 71.8 Å². The zero-order valence-corrected chi connectivity index (χ0v) is 19.8. The number of nitrogens with one attached hydrogen (secondary N) is 2. The lowest BCUT2D eigenvalue weighted by Crippen LogP contribution is -2.51. The summed E-state index contributed by atoms with van der Waals surface area (Å²) in [5.74, 6) is -0.513. The Balaban J connectivity index is 1.77. The van der Waals surface area contributed by atoms with Crippen LogP contribution in [0.4, 0.5) is 5.69 Å². The lowest BCUT2D eigenvalue weighted by Gasteiger charge is -2.25. The third kappa shape index (κ3) is 5.47. The minimum atomic E-state index is -3.89. The summed E-state index contributed by atoms with van der Waals surface area (Å²) >= 11 is 0. The summed E-state index contributed by atoms with van der Waals surface area (Å²) in [4.78, 5) is 26.7. The molecule has 1 fully saturated rings. The van der Waals surface area contributed by atoms with Gasteiger partial charge in [0, 0.05) is 24.7 Å². The number of sulfonamides is 1. The maximum Gasteiger partial charge on any atom is 0.241 e. The van der Waals surface area contributed by atoms with Crippen molar-refractivity contribution in [3.05, 3.63) is 23.8 Å². The Morgan fingerprint density at radius 2 is 1.74 bits per heavy atom. The van der Waals surface area contributed by atoms with Gasteiger partial charge in [0.1, 0.15) is 6.04 Å². The molecule has 0 radical (unpaired) electrons. The predicted octanol–water partition coefficient (Wildman–Crippen LogP) is 3.13. The molecule has 1 heterocycles. The van der Waals surface area contributed by atoms with Gasteiger partial charge in [-0.15, -0.1) is 0 Å². The highest BCUT2D eigenvalue weighted by Crippen LogP contribution is 2.34. The van der Waals surface area contributed by atoms with Crippen molar-refractivity contribution < 1.29 is 18.0 Å². The van der Waals surface area contributed by atoms with E-state index < -0.39 is 16.1 Å². The van der Waals surface area contributed by atoms with E-state index in [4.69, 9.17) is 0 Å². The molecule has 1 saturated carbocycles. The Bertz CT molecular complexity index is 921. The lowest BCUT2D eigenvalue weighted by molar-refractivity contribution is -0.124. The zero-order chi connectivity index (χ0) is 22.8. The average Bonchev–Trinajstić information content (AvgIpc) is 2.83. The first-order valence-electron chi connectivity index (χ1n) is 11.4. The quantitative estimate of drug-likeness (QED) is 0.652. The van der Waals surface area contributed by atoms with E-state index >= 15 is 0 Å². The Morgan fingerprint density at radius 3 is 2.32 bits per heavy atom. The van der Waals surface area contributed by atoms with Gasteiger partial charge in [-0.25, -0.2) is 8.42 Å². The topological polar surface area (TPSA) is 95.6 Å². The number of hydrogen-bond donors (Lipinski definition) is 2. The third-order valence-corrected chi connectivity index (χ3v) is 7.79. The SMILES string of the molecule is CC(=O)N1c2ccc(S(=O)(=O)NC(C(=O)NC3CCCCCC3)C(C)C)cc2CC1C. The summed E-state index contributed by atoms with van der Waals surface area (Å²) < 4.78 is 28.9. The van der Waals surface area contributed by atoms with E-state index in [1.165, 1.54) is 25.8 Å².